The summed E-state index contributed by atoms with van der Waals surface area (Å²) in [7, 11) is 3.14. The number of hydrogen-bond donors (Lipinski definition) is 1. The van der Waals surface area contributed by atoms with Crippen molar-refractivity contribution in [3.05, 3.63) is 35.7 Å². The fourth-order valence-corrected chi connectivity index (χ4v) is 4.52. The molecule has 8 nitrogen and oxygen atoms in total. The molecule has 9 heteroatoms. The van der Waals surface area contributed by atoms with E-state index >= 15 is 0 Å². The number of anilines is 1. The molecule has 0 unspecified atom stereocenters. The summed E-state index contributed by atoms with van der Waals surface area (Å²) in [4.78, 5) is 43.0. The Morgan fingerprint density at radius 1 is 1.17 bits per heavy atom. The van der Waals surface area contributed by atoms with Gasteiger partial charge in [0.25, 0.3) is 0 Å². The van der Waals surface area contributed by atoms with Gasteiger partial charge < -0.3 is 14.8 Å². The largest absolute Gasteiger partial charge is 0.497 e. The zero-order valence-electron chi connectivity index (χ0n) is 16.6. The van der Waals surface area contributed by atoms with Gasteiger partial charge in [-0.25, -0.2) is 4.98 Å². The number of likely N-dealkylation sites (tertiary alicyclic amines) is 1. The highest BCUT2D eigenvalue weighted by Gasteiger charge is 2.47. The Kier molecular flexibility index (Phi) is 5.54. The molecule has 1 aliphatic heterocycles. The fourth-order valence-electron chi connectivity index (χ4n) is 3.80. The van der Waals surface area contributed by atoms with E-state index in [0.29, 0.717) is 35.2 Å². The number of benzene rings is 1. The zero-order valence-corrected chi connectivity index (χ0v) is 17.4. The van der Waals surface area contributed by atoms with Gasteiger partial charge in [-0.2, -0.15) is 0 Å². The van der Waals surface area contributed by atoms with Crippen molar-refractivity contribution >= 4 is 34.2 Å². The van der Waals surface area contributed by atoms with Crippen LogP contribution in [0.25, 0.3) is 11.3 Å². The first-order valence-electron chi connectivity index (χ1n) is 9.49. The van der Waals surface area contributed by atoms with Crippen LogP contribution in [0.1, 0.15) is 12.8 Å². The maximum atomic E-state index is 12.5. The highest BCUT2D eigenvalue weighted by Crippen LogP contribution is 2.36. The summed E-state index contributed by atoms with van der Waals surface area (Å²) in [5.74, 6) is -0.405. The van der Waals surface area contributed by atoms with Gasteiger partial charge in [-0.15, -0.1) is 11.3 Å². The van der Waals surface area contributed by atoms with E-state index < -0.39 is 5.91 Å². The quantitative estimate of drug-likeness (QED) is 0.562. The fraction of sp³-hybridized carbons (Fsp3) is 0.333. The molecule has 156 valence electrons. The number of allylic oxidation sites excluding steroid dienone is 2. The van der Waals surface area contributed by atoms with Crippen LogP contribution < -0.4 is 14.8 Å². The summed E-state index contributed by atoms with van der Waals surface area (Å²) < 4.78 is 10.6. The predicted octanol–water partition coefficient (Wildman–Crippen LogP) is 2.72. The third-order valence-electron chi connectivity index (χ3n) is 5.33. The molecular weight excluding hydrogens is 406 g/mol. The lowest BCUT2D eigenvalue weighted by molar-refractivity contribution is -0.142. The van der Waals surface area contributed by atoms with E-state index in [1.165, 1.54) is 11.3 Å². The monoisotopic (exact) mass is 427 g/mol. The van der Waals surface area contributed by atoms with Crippen LogP contribution in [-0.2, 0) is 14.4 Å². The Morgan fingerprint density at radius 2 is 1.87 bits per heavy atom. The Labute approximate surface area is 177 Å². The summed E-state index contributed by atoms with van der Waals surface area (Å²) in [6, 6.07) is 5.37. The second kappa shape index (κ2) is 8.27. The molecule has 0 saturated carbocycles. The highest BCUT2D eigenvalue weighted by atomic mass is 32.1. The lowest BCUT2D eigenvalue weighted by Crippen LogP contribution is -2.38. The minimum atomic E-state index is -0.457. The predicted molar refractivity (Wildman–Crippen MR) is 111 cm³/mol. The molecule has 1 N–H and O–H groups in total. The van der Waals surface area contributed by atoms with Crippen molar-refractivity contribution in [2.75, 3.05) is 26.1 Å². The van der Waals surface area contributed by atoms with Gasteiger partial charge in [0.05, 0.1) is 31.7 Å². The number of thiazole rings is 1. The van der Waals surface area contributed by atoms with Gasteiger partial charge in [-0.3, -0.25) is 19.3 Å². The number of imide groups is 1. The van der Waals surface area contributed by atoms with Crippen LogP contribution in [0.3, 0.4) is 0 Å². The summed E-state index contributed by atoms with van der Waals surface area (Å²) in [6.07, 6.45) is 4.93. The number of amides is 3. The number of rotatable bonds is 6. The normalized spacial score (nSPS) is 20.3. The van der Waals surface area contributed by atoms with Gasteiger partial charge in [0.15, 0.2) is 5.13 Å². The van der Waals surface area contributed by atoms with Crippen LogP contribution >= 0.6 is 11.3 Å². The number of carbonyl (C=O) groups excluding carboxylic acids is 3. The van der Waals surface area contributed by atoms with E-state index in [1.807, 2.05) is 12.2 Å². The average Bonchev–Trinajstić information content (AvgIpc) is 3.32. The Morgan fingerprint density at radius 3 is 2.50 bits per heavy atom. The van der Waals surface area contributed by atoms with E-state index in [1.54, 1.807) is 37.8 Å². The summed E-state index contributed by atoms with van der Waals surface area (Å²) in [5, 5.41) is 4.85. The van der Waals surface area contributed by atoms with E-state index in [0.717, 1.165) is 10.5 Å². The SMILES string of the molecule is COc1ccc(OC)c(-c2csc(NC(=O)CN3C(=O)[C@@H]4CC=CC[C@H]4C3=O)n2)c1. The van der Waals surface area contributed by atoms with Crippen LogP contribution in [0.4, 0.5) is 5.13 Å². The molecule has 3 amide bonds. The average molecular weight is 427 g/mol. The summed E-state index contributed by atoms with van der Waals surface area (Å²) in [6.45, 7) is -0.304. The first kappa shape index (κ1) is 20.1. The number of nitrogens with one attached hydrogen (secondary N) is 1. The second-order valence-electron chi connectivity index (χ2n) is 7.07. The summed E-state index contributed by atoms with van der Waals surface area (Å²) in [5.41, 5.74) is 1.35. The molecule has 1 aliphatic carbocycles. The Balaban J connectivity index is 1.45. The zero-order chi connectivity index (χ0) is 21.3. The van der Waals surface area contributed by atoms with Crippen molar-refractivity contribution in [2.45, 2.75) is 12.8 Å². The molecule has 1 aromatic heterocycles. The van der Waals surface area contributed by atoms with Crippen molar-refractivity contribution < 1.29 is 23.9 Å². The maximum Gasteiger partial charge on any atom is 0.246 e. The molecule has 1 fully saturated rings. The number of ether oxygens (including phenoxy) is 2. The third-order valence-corrected chi connectivity index (χ3v) is 6.09. The van der Waals surface area contributed by atoms with Gasteiger partial charge in [0.1, 0.15) is 18.0 Å². The van der Waals surface area contributed by atoms with E-state index in [4.69, 9.17) is 9.47 Å². The van der Waals surface area contributed by atoms with Crippen LogP contribution in [0.2, 0.25) is 0 Å². The molecular formula is C21H21N3O5S. The molecule has 2 aromatic rings. The van der Waals surface area contributed by atoms with Gasteiger partial charge in [-0.1, -0.05) is 12.2 Å². The first-order chi connectivity index (χ1) is 14.5. The standard InChI is InChI=1S/C21H21N3O5S/c1-28-12-7-8-17(29-2)15(9-12)16-11-30-21(22-16)23-18(25)10-24-19(26)13-5-3-4-6-14(13)20(24)27/h3-4,7-9,11,13-14H,5-6,10H2,1-2H3,(H,22,23,25)/t13-,14-/m1/s1. The van der Waals surface area contributed by atoms with Crippen molar-refractivity contribution in [3.63, 3.8) is 0 Å². The smallest absolute Gasteiger partial charge is 0.246 e. The van der Waals surface area contributed by atoms with Crippen molar-refractivity contribution in [2.24, 2.45) is 11.8 Å². The Bertz CT molecular complexity index is 1010. The molecule has 2 aliphatic rings. The molecule has 30 heavy (non-hydrogen) atoms. The molecule has 2 heterocycles. The number of carbonyl (C=O) groups is 3. The number of methoxy groups -OCH3 is 2. The minimum Gasteiger partial charge on any atom is -0.497 e. The number of aromatic nitrogens is 1. The van der Waals surface area contributed by atoms with Gasteiger partial charge in [0.2, 0.25) is 17.7 Å². The molecule has 1 saturated heterocycles. The van der Waals surface area contributed by atoms with Crippen LogP contribution in [0.15, 0.2) is 35.7 Å². The van der Waals surface area contributed by atoms with E-state index in [2.05, 4.69) is 10.3 Å². The van der Waals surface area contributed by atoms with Crippen molar-refractivity contribution in [1.82, 2.24) is 9.88 Å². The summed E-state index contributed by atoms with van der Waals surface area (Å²) >= 11 is 1.25. The van der Waals surface area contributed by atoms with Crippen molar-refractivity contribution in [1.29, 1.82) is 0 Å². The van der Waals surface area contributed by atoms with Gasteiger partial charge in [0, 0.05) is 10.9 Å². The second-order valence-corrected chi connectivity index (χ2v) is 7.93. The number of hydrogen-bond acceptors (Lipinski definition) is 7. The van der Waals surface area contributed by atoms with E-state index in [9.17, 15) is 14.4 Å². The first-order valence-corrected chi connectivity index (χ1v) is 10.4. The lowest BCUT2D eigenvalue weighted by atomic mass is 9.85. The molecule has 1 aromatic carbocycles. The Hall–Kier alpha value is -3.20. The van der Waals surface area contributed by atoms with Gasteiger partial charge >= 0.3 is 0 Å². The van der Waals surface area contributed by atoms with E-state index in [-0.39, 0.29) is 30.2 Å². The minimum absolute atomic E-state index is 0.273. The highest BCUT2D eigenvalue weighted by molar-refractivity contribution is 7.14. The lowest BCUT2D eigenvalue weighted by Gasteiger charge is -2.14. The molecule has 0 spiro atoms. The van der Waals surface area contributed by atoms with Crippen LogP contribution in [-0.4, -0.2) is 48.4 Å². The number of nitrogens with zero attached hydrogens (tertiary/aromatic N) is 2. The van der Waals surface area contributed by atoms with Gasteiger partial charge in [-0.05, 0) is 31.0 Å². The topological polar surface area (TPSA) is 97.8 Å². The van der Waals surface area contributed by atoms with Crippen LogP contribution in [0, 0.1) is 11.8 Å². The molecule has 0 radical (unpaired) electrons. The number of fused-ring (bicyclic) bond motifs is 1. The van der Waals surface area contributed by atoms with Crippen LogP contribution in [0.5, 0.6) is 11.5 Å². The maximum absolute atomic E-state index is 12.5. The molecule has 0 bridgehead atoms. The van der Waals surface area contributed by atoms with Crippen molar-refractivity contribution in [3.8, 4) is 22.8 Å². The molecule has 2 atom stereocenters. The molecule has 4 rings (SSSR count). The third kappa shape index (κ3) is 3.68.